The number of nitrogens with zero attached hydrogens (tertiary/aromatic N) is 2. The summed E-state index contributed by atoms with van der Waals surface area (Å²) in [6.07, 6.45) is 4.19. The normalized spacial score (nSPS) is 16.4. The number of rotatable bonds is 6. The molecule has 7 heteroatoms. The predicted octanol–water partition coefficient (Wildman–Crippen LogP) is 0.659. The molecule has 0 saturated heterocycles. The number of pyridine rings is 1. The molecule has 1 aromatic heterocycles. The highest BCUT2D eigenvalue weighted by Crippen LogP contribution is 2.31. The third-order valence-corrected chi connectivity index (χ3v) is 5.31. The summed E-state index contributed by atoms with van der Waals surface area (Å²) < 4.78 is 26.7. The molecular weight excluding hydrogens is 266 g/mol. The van der Waals surface area contributed by atoms with E-state index >= 15 is 0 Å². The lowest BCUT2D eigenvalue weighted by Gasteiger charge is -2.36. The third kappa shape index (κ3) is 2.72. The zero-order valence-corrected chi connectivity index (χ0v) is 11.7. The molecule has 1 aliphatic carbocycles. The highest BCUT2D eigenvalue weighted by Gasteiger charge is 2.36. The first-order valence-electron chi connectivity index (χ1n) is 6.36. The number of hydrogen-bond donors (Lipinski definition) is 2. The number of hydrogen-bond acceptors (Lipinski definition) is 5. The minimum atomic E-state index is -3.67. The van der Waals surface area contributed by atoms with Gasteiger partial charge < -0.3 is 10.4 Å². The molecule has 0 spiro atoms. The molecule has 0 unspecified atom stereocenters. The summed E-state index contributed by atoms with van der Waals surface area (Å²) in [5.41, 5.74) is 0.477. The van der Waals surface area contributed by atoms with E-state index < -0.39 is 10.0 Å². The van der Waals surface area contributed by atoms with Gasteiger partial charge >= 0.3 is 0 Å². The van der Waals surface area contributed by atoms with Crippen LogP contribution in [-0.2, 0) is 10.0 Å². The molecule has 0 atom stereocenters. The van der Waals surface area contributed by atoms with Gasteiger partial charge in [-0.1, -0.05) is 6.42 Å². The largest absolute Gasteiger partial charge is 0.395 e. The average Bonchev–Trinajstić information content (AvgIpc) is 2.36. The molecule has 0 radical (unpaired) electrons. The van der Waals surface area contributed by atoms with Crippen molar-refractivity contribution < 1.29 is 13.5 Å². The summed E-state index contributed by atoms with van der Waals surface area (Å²) in [7, 11) is -2.00. The number of sulfonamides is 1. The van der Waals surface area contributed by atoms with Gasteiger partial charge in [-0.15, -0.1) is 0 Å². The Hall–Kier alpha value is -1.18. The van der Waals surface area contributed by atoms with Crippen molar-refractivity contribution in [2.24, 2.45) is 0 Å². The van der Waals surface area contributed by atoms with Gasteiger partial charge in [-0.25, -0.2) is 13.4 Å². The Morgan fingerprint density at radius 2 is 2.26 bits per heavy atom. The van der Waals surface area contributed by atoms with Crippen LogP contribution in [0.3, 0.4) is 0 Å². The lowest BCUT2D eigenvalue weighted by atomic mass is 9.93. The Morgan fingerprint density at radius 3 is 2.79 bits per heavy atom. The van der Waals surface area contributed by atoms with Crippen LogP contribution in [0.5, 0.6) is 0 Å². The zero-order valence-electron chi connectivity index (χ0n) is 10.9. The van der Waals surface area contributed by atoms with Crippen molar-refractivity contribution in [1.29, 1.82) is 0 Å². The minimum Gasteiger partial charge on any atom is -0.395 e. The standard InChI is InChI=1S/C12H19N3O3S/c1-13-11-6-3-7-14-12(11)19(17,18)15(8-9-16)10-4-2-5-10/h3,6-7,10,13,16H,2,4-5,8-9H2,1H3. The van der Waals surface area contributed by atoms with Gasteiger partial charge in [-0.3, -0.25) is 0 Å². The van der Waals surface area contributed by atoms with Crippen LogP contribution in [0.25, 0.3) is 0 Å². The van der Waals surface area contributed by atoms with Crippen molar-refractivity contribution in [3.63, 3.8) is 0 Å². The average molecular weight is 285 g/mol. The van der Waals surface area contributed by atoms with Gasteiger partial charge in [0, 0.05) is 25.8 Å². The maximum atomic E-state index is 12.6. The smallest absolute Gasteiger partial charge is 0.262 e. The Balaban J connectivity index is 2.38. The first-order chi connectivity index (χ1) is 9.11. The van der Waals surface area contributed by atoms with Crippen LogP contribution in [0.1, 0.15) is 19.3 Å². The van der Waals surface area contributed by atoms with Gasteiger partial charge in [-0.05, 0) is 25.0 Å². The number of nitrogens with one attached hydrogen (secondary N) is 1. The molecule has 0 aromatic carbocycles. The van der Waals surface area contributed by atoms with Crippen LogP contribution in [0.4, 0.5) is 5.69 Å². The summed E-state index contributed by atoms with van der Waals surface area (Å²) >= 11 is 0. The molecule has 0 amide bonds. The summed E-state index contributed by atoms with van der Waals surface area (Å²) in [6, 6.07) is 3.35. The summed E-state index contributed by atoms with van der Waals surface area (Å²) in [5.74, 6) is 0. The van der Waals surface area contributed by atoms with Crippen LogP contribution >= 0.6 is 0 Å². The van der Waals surface area contributed by atoms with E-state index in [2.05, 4.69) is 10.3 Å². The second-order valence-corrected chi connectivity index (χ2v) is 6.34. The van der Waals surface area contributed by atoms with Crippen molar-refractivity contribution in [3.8, 4) is 0 Å². The summed E-state index contributed by atoms with van der Waals surface area (Å²) in [6.45, 7) is -0.0653. The van der Waals surface area contributed by atoms with E-state index in [0.29, 0.717) is 5.69 Å². The molecule has 19 heavy (non-hydrogen) atoms. The first kappa shape index (κ1) is 14.2. The molecule has 1 aliphatic rings. The topological polar surface area (TPSA) is 82.5 Å². The van der Waals surface area contributed by atoms with E-state index in [1.54, 1.807) is 19.2 Å². The minimum absolute atomic E-state index is 0.0103. The Kier molecular flexibility index (Phi) is 4.38. The quantitative estimate of drug-likeness (QED) is 0.802. The first-order valence-corrected chi connectivity index (χ1v) is 7.80. The Morgan fingerprint density at radius 1 is 1.53 bits per heavy atom. The molecule has 1 heterocycles. The predicted molar refractivity (Wildman–Crippen MR) is 72.4 cm³/mol. The molecule has 1 fully saturated rings. The SMILES string of the molecule is CNc1cccnc1S(=O)(=O)N(CCO)C1CCC1. The van der Waals surface area contributed by atoms with E-state index in [-0.39, 0.29) is 24.2 Å². The molecule has 2 N–H and O–H groups in total. The van der Waals surface area contributed by atoms with Crippen LogP contribution in [0.15, 0.2) is 23.4 Å². The van der Waals surface area contributed by atoms with Crippen molar-refractivity contribution >= 4 is 15.7 Å². The van der Waals surface area contributed by atoms with E-state index in [1.807, 2.05) is 0 Å². The van der Waals surface area contributed by atoms with E-state index in [1.165, 1.54) is 10.5 Å². The fourth-order valence-corrected chi connectivity index (χ4v) is 3.96. The van der Waals surface area contributed by atoms with E-state index in [0.717, 1.165) is 19.3 Å². The van der Waals surface area contributed by atoms with Gasteiger partial charge in [0.15, 0.2) is 5.03 Å². The number of anilines is 1. The molecule has 6 nitrogen and oxygen atoms in total. The molecule has 106 valence electrons. The molecular formula is C12H19N3O3S. The maximum Gasteiger partial charge on any atom is 0.262 e. The van der Waals surface area contributed by atoms with E-state index in [9.17, 15) is 8.42 Å². The van der Waals surface area contributed by atoms with Gasteiger partial charge in [0.05, 0.1) is 12.3 Å². The van der Waals surface area contributed by atoms with Crippen molar-refractivity contribution in [2.45, 2.75) is 30.3 Å². The van der Waals surface area contributed by atoms with E-state index in [4.69, 9.17) is 5.11 Å². The van der Waals surface area contributed by atoms with Gasteiger partial charge in [0.1, 0.15) is 0 Å². The van der Waals surface area contributed by atoms with Crippen molar-refractivity contribution in [3.05, 3.63) is 18.3 Å². The van der Waals surface area contributed by atoms with Gasteiger partial charge in [0.25, 0.3) is 10.0 Å². The van der Waals surface area contributed by atoms with Crippen LogP contribution in [0.2, 0.25) is 0 Å². The molecule has 0 aliphatic heterocycles. The third-order valence-electron chi connectivity index (χ3n) is 3.40. The maximum absolute atomic E-state index is 12.6. The van der Waals surface area contributed by atoms with Crippen molar-refractivity contribution in [1.82, 2.24) is 9.29 Å². The lowest BCUT2D eigenvalue weighted by molar-refractivity contribution is 0.178. The lowest BCUT2D eigenvalue weighted by Crippen LogP contribution is -2.45. The van der Waals surface area contributed by atoms with Gasteiger partial charge in [-0.2, -0.15) is 4.31 Å². The Labute approximate surface area is 113 Å². The number of aliphatic hydroxyl groups is 1. The number of aliphatic hydroxyl groups excluding tert-OH is 1. The number of aromatic nitrogens is 1. The van der Waals surface area contributed by atoms with Crippen LogP contribution < -0.4 is 5.32 Å². The van der Waals surface area contributed by atoms with Crippen LogP contribution in [-0.4, -0.2) is 49.1 Å². The second-order valence-electron chi connectivity index (χ2n) is 4.53. The second kappa shape index (κ2) is 5.85. The fourth-order valence-electron chi connectivity index (χ4n) is 2.17. The van der Waals surface area contributed by atoms with Crippen molar-refractivity contribution in [2.75, 3.05) is 25.5 Å². The molecule has 1 aromatic rings. The molecule has 2 rings (SSSR count). The highest BCUT2D eigenvalue weighted by atomic mass is 32.2. The Bertz CT molecular complexity index is 529. The molecule has 0 bridgehead atoms. The fraction of sp³-hybridized carbons (Fsp3) is 0.583. The summed E-state index contributed by atoms with van der Waals surface area (Å²) in [5, 5.41) is 12.0. The summed E-state index contributed by atoms with van der Waals surface area (Å²) in [4.78, 5) is 3.99. The zero-order chi connectivity index (χ0) is 13.9. The van der Waals surface area contributed by atoms with Crippen LogP contribution in [0, 0.1) is 0 Å². The monoisotopic (exact) mass is 285 g/mol. The highest BCUT2D eigenvalue weighted by molar-refractivity contribution is 7.89. The molecule has 1 saturated carbocycles. The van der Waals surface area contributed by atoms with Gasteiger partial charge in [0.2, 0.25) is 0 Å².